The number of fused-ring (bicyclic) bond motifs is 1. The Morgan fingerprint density at radius 1 is 1.26 bits per heavy atom. The summed E-state index contributed by atoms with van der Waals surface area (Å²) in [4.78, 5) is 16.3. The minimum atomic E-state index is 0.140. The van der Waals surface area contributed by atoms with Gasteiger partial charge < -0.3 is 10.2 Å². The van der Waals surface area contributed by atoms with Gasteiger partial charge in [-0.25, -0.2) is 0 Å². The predicted octanol–water partition coefficient (Wildman–Crippen LogP) is 6.10. The molecule has 27 heavy (non-hydrogen) atoms. The average Bonchev–Trinajstić information content (AvgIpc) is 3.26. The van der Waals surface area contributed by atoms with Gasteiger partial charge >= 0.3 is 0 Å². The van der Waals surface area contributed by atoms with Gasteiger partial charge in [-0.15, -0.1) is 11.3 Å². The molecule has 1 aliphatic heterocycles. The lowest BCUT2D eigenvalue weighted by Crippen LogP contribution is -2.23. The zero-order valence-electron chi connectivity index (χ0n) is 16.3. The van der Waals surface area contributed by atoms with Crippen LogP contribution in [0.5, 0.6) is 0 Å². The molecular weight excluding hydrogens is 376 g/mol. The second kappa shape index (κ2) is 7.14. The van der Waals surface area contributed by atoms with Crippen LogP contribution in [0.25, 0.3) is 0 Å². The van der Waals surface area contributed by atoms with Gasteiger partial charge in [0.05, 0.1) is 4.34 Å². The summed E-state index contributed by atoms with van der Waals surface area (Å²) in [7, 11) is 0. The van der Waals surface area contributed by atoms with Gasteiger partial charge in [0.15, 0.2) is 0 Å². The molecule has 1 N–H and O–H groups in total. The van der Waals surface area contributed by atoms with Gasteiger partial charge in [0, 0.05) is 35.8 Å². The number of thiophene rings is 1. The minimum Gasteiger partial charge on any atom is -0.367 e. The highest BCUT2D eigenvalue weighted by Crippen LogP contribution is 2.48. The molecule has 5 heteroatoms. The van der Waals surface area contributed by atoms with Gasteiger partial charge in [-0.3, -0.25) is 4.79 Å². The fraction of sp³-hybridized carbons (Fsp3) is 0.500. The Morgan fingerprint density at radius 2 is 1.96 bits per heavy atom. The van der Waals surface area contributed by atoms with Crippen LogP contribution >= 0.6 is 22.9 Å². The lowest BCUT2D eigenvalue weighted by molar-refractivity contribution is -0.117. The third-order valence-electron chi connectivity index (χ3n) is 5.90. The molecule has 1 fully saturated rings. The number of amides is 1. The summed E-state index contributed by atoms with van der Waals surface area (Å²) in [6, 6.07) is 6.54. The van der Waals surface area contributed by atoms with Crippen LogP contribution in [0.4, 0.5) is 11.4 Å². The molecule has 1 aromatic heterocycles. The van der Waals surface area contributed by atoms with Crippen LogP contribution in [-0.2, 0) is 17.8 Å². The number of rotatable bonds is 4. The number of carbonyl (C=O) groups excluding carboxylic acids is 1. The van der Waals surface area contributed by atoms with Gasteiger partial charge in [0.2, 0.25) is 5.91 Å². The Bertz CT molecular complexity index is 861. The van der Waals surface area contributed by atoms with Crippen LogP contribution in [0.15, 0.2) is 18.2 Å². The molecule has 144 valence electrons. The van der Waals surface area contributed by atoms with E-state index in [-0.39, 0.29) is 11.3 Å². The van der Waals surface area contributed by atoms with E-state index in [9.17, 15) is 4.79 Å². The second-order valence-electron chi connectivity index (χ2n) is 8.51. The van der Waals surface area contributed by atoms with Crippen LogP contribution < -0.4 is 10.2 Å². The van der Waals surface area contributed by atoms with Crippen molar-refractivity contribution in [2.75, 3.05) is 16.8 Å². The van der Waals surface area contributed by atoms with Crippen LogP contribution in [0, 0.1) is 19.3 Å². The summed E-state index contributed by atoms with van der Waals surface area (Å²) >= 11 is 7.94. The third kappa shape index (κ3) is 4.17. The van der Waals surface area contributed by atoms with Crippen molar-refractivity contribution in [3.05, 3.63) is 44.1 Å². The number of anilines is 2. The SMILES string of the molecule is Cc1cc(N2CCCc3sc(Cl)cc3C2)cc(C)c1NC(=O)CC1(C)CC1. The van der Waals surface area contributed by atoms with E-state index < -0.39 is 0 Å². The Morgan fingerprint density at radius 3 is 2.63 bits per heavy atom. The van der Waals surface area contributed by atoms with E-state index in [0.29, 0.717) is 6.42 Å². The molecule has 1 amide bonds. The largest absolute Gasteiger partial charge is 0.367 e. The number of nitrogens with one attached hydrogen (secondary N) is 1. The predicted molar refractivity (Wildman–Crippen MR) is 115 cm³/mol. The lowest BCUT2D eigenvalue weighted by atomic mass is 10.0. The Hall–Kier alpha value is -1.52. The molecule has 1 saturated carbocycles. The van der Waals surface area contributed by atoms with Gasteiger partial charge in [-0.2, -0.15) is 0 Å². The van der Waals surface area contributed by atoms with E-state index in [4.69, 9.17) is 11.6 Å². The number of benzene rings is 1. The van der Waals surface area contributed by atoms with Crippen LogP contribution in [-0.4, -0.2) is 12.5 Å². The first-order valence-electron chi connectivity index (χ1n) is 9.76. The average molecular weight is 403 g/mol. The van der Waals surface area contributed by atoms with E-state index in [2.05, 4.69) is 49.2 Å². The van der Waals surface area contributed by atoms with Crippen molar-refractivity contribution in [3.63, 3.8) is 0 Å². The number of aryl methyl sites for hydroxylation is 3. The minimum absolute atomic E-state index is 0.140. The number of hydrogen-bond acceptors (Lipinski definition) is 3. The van der Waals surface area contributed by atoms with E-state index >= 15 is 0 Å². The van der Waals surface area contributed by atoms with E-state index in [1.165, 1.54) is 29.0 Å². The Balaban J connectivity index is 1.53. The highest BCUT2D eigenvalue weighted by molar-refractivity contribution is 7.16. The zero-order chi connectivity index (χ0) is 19.2. The molecule has 2 aromatic rings. The van der Waals surface area contributed by atoms with Gasteiger partial charge in [0.1, 0.15) is 0 Å². The highest BCUT2D eigenvalue weighted by Gasteiger charge is 2.39. The zero-order valence-corrected chi connectivity index (χ0v) is 17.9. The topological polar surface area (TPSA) is 32.3 Å². The number of halogens is 1. The first-order chi connectivity index (χ1) is 12.8. The molecule has 2 aliphatic rings. The molecule has 0 spiro atoms. The summed E-state index contributed by atoms with van der Waals surface area (Å²) in [6.07, 6.45) is 5.20. The first-order valence-corrected chi connectivity index (χ1v) is 11.0. The maximum atomic E-state index is 12.4. The summed E-state index contributed by atoms with van der Waals surface area (Å²) in [5.74, 6) is 0.140. The molecule has 0 saturated heterocycles. The van der Waals surface area contributed by atoms with Crippen molar-refractivity contribution in [1.29, 1.82) is 0 Å². The summed E-state index contributed by atoms with van der Waals surface area (Å²) in [6.45, 7) is 8.33. The molecule has 0 radical (unpaired) electrons. The second-order valence-corrected chi connectivity index (χ2v) is 10.3. The monoisotopic (exact) mass is 402 g/mol. The van der Waals surface area contributed by atoms with E-state index in [1.54, 1.807) is 11.3 Å². The standard InChI is InChI=1S/C22H27ClN2OS/c1-14-9-17(25-8-4-5-18-16(13-25)11-19(23)27-18)10-15(2)21(14)24-20(26)12-22(3)6-7-22/h9-11H,4-8,12-13H2,1-3H3,(H,24,26). The summed E-state index contributed by atoms with van der Waals surface area (Å²) in [5, 5.41) is 3.16. The molecule has 0 unspecified atom stereocenters. The molecule has 0 atom stereocenters. The molecule has 1 aliphatic carbocycles. The maximum absolute atomic E-state index is 12.4. The number of nitrogens with zero attached hydrogens (tertiary/aromatic N) is 1. The van der Waals surface area contributed by atoms with Gasteiger partial charge in [-0.05, 0) is 79.8 Å². The third-order valence-corrected chi connectivity index (χ3v) is 7.26. The molecule has 2 heterocycles. The fourth-order valence-electron chi connectivity index (χ4n) is 3.99. The quantitative estimate of drug-likeness (QED) is 0.670. The van der Waals surface area contributed by atoms with Crippen molar-refractivity contribution in [3.8, 4) is 0 Å². The number of hydrogen-bond donors (Lipinski definition) is 1. The molecular formula is C22H27ClN2OS. The molecule has 3 nitrogen and oxygen atoms in total. The van der Waals surface area contributed by atoms with E-state index in [1.807, 2.05) is 0 Å². The van der Waals surface area contributed by atoms with Crippen LogP contribution in [0.3, 0.4) is 0 Å². The van der Waals surface area contributed by atoms with Crippen LogP contribution in [0.2, 0.25) is 4.34 Å². The summed E-state index contributed by atoms with van der Waals surface area (Å²) < 4.78 is 0.886. The summed E-state index contributed by atoms with van der Waals surface area (Å²) in [5.41, 5.74) is 6.05. The number of carbonyl (C=O) groups is 1. The molecule has 0 bridgehead atoms. The van der Waals surface area contributed by atoms with Crippen molar-refractivity contribution >= 4 is 40.2 Å². The highest BCUT2D eigenvalue weighted by atomic mass is 35.5. The van der Waals surface area contributed by atoms with Crippen LogP contribution in [0.1, 0.15) is 54.2 Å². The van der Waals surface area contributed by atoms with Gasteiger partial charge in [-0.1, -0.05) is 18.5 Å². The smallest absolute Gasteiger partial charge is 0.224 e. The molecule has 4 rings (SSSR count). The Labute approximate surface area is 170 Å². The molecule has 1 aromatic carbocycles. The lowest BCUT2D eigenvalue weighted by Gasteiger charge is -2.25. The fourth-order valence-corrected chi connectivity index (χ4v) is 5.34. The maximum Gasteiger partial charge on any atom is 0.224 e. The van der Waals surface area contributed by atoms with Crippen molar-refractivity contribution in [2.24, 2.45) is 5.41 Å². The van der Waals surface area contributed by atoms with Crippen molar-refractivity contribution in [1.82, 2.24) is 0 Å². The van der Waals surface area contributed by atoms with Crippen molar-refractivity contribution in [2.45, 2.75) is 59.4 Å². The Kier molecular flexibility index (Phi) is 4.98. The first kappa shape index (κ1) is 18.8. The normalized spacial score (nSPS) is 18.0. The van der Waals surface area contributed by atoms with E-state index in [0.717, 1.165) is 47.1 Å². The van der Waals surface area contributed by atoms with Gasteiger partial charge in [0.25, 0.3) is 0 Å². The van der Waals surface area contributed by atoms with Crippen molar-refractivity contribution < 1.29 is 4.79 Å².